The van der Waals surface area contributed by atoms with Gasteiger partial charge in [0.1, 0.15) is 24.4 Å². The highest BCUT2D eigenvalue weighted by Crippen LogP contribution is 2.10. The van der Waals surface area contributed by atoms with Crippen molar-refractivity contribution in [3.63, 3.8) is 0 Å². The molecule has 7 nitrogen and oxygen atoms in total. The van der Waals surface area contributed by atoms with E-state index in [9.17, 15) is 0 Å². The molecule has 1 unspecified atom stereocenters. The summed E-state index contributed by atoms with van der Waals surface area (Å²) in [6.45, 7) is 1.80. The van der Waals surface area contributed by atoms with Crippen LogP contribution in [0.25, 0.3) is 5.82 Å². The van der Waals surface area contributed by atoms with Gasteiger partial charge < -0.3 is 5.73 Å². The van der Waals surface area contributed by atoms with E-state index in [0.29, 0.717) is 11.6 Å². The van der Waals surface area contributed by atoms with Crippen molar-refractivity contribution in [3.05, 3.63) is 30.2 Å². The van der Waals surface area contributed by atoms with Crippen LogP contribution in [0.3, 0.4) is 0 Å². The van der Waals surface area contributed by atoms with Crippen LogP contribution in [-0.4, -0.2) is 24.7 Å². The molecule has 0 saturated heterocycles. The number of rotatable bonds is 2. The largest absolute Gasteiger partial charge is 0.322 e. The first-order valence-electron chi connectivity index (χ1n) is 4.60. The minimum atomic E-state index is -0.261. The van der Waals surface area contributed by atoms with Crippen LogP contribution < -0.4 is 5.73 Å². The number of nitriles is 1. The van der Waals surface area contributed by atoms with Gasteiger partial charge in [0.25, 0.3) is 0 Å². The summed E-state index contributed by atoms with van der Waals surface area (Å²) in [7, 11) is 0. The molecule has 0 amide bonds. The summed E-state index contributed by atoms with van der Waals surface area (Å²) in [6.07, 6.45) is 2.70. The van der Waals surface area contributed by atoms with Gasteiger partial charge in [0, 0.05) is 6.07 Å². The van der Waals surface area contributed by atoms with E-state index in [1.54, 1.807) is 6.92 Å². The summed E-state index contributed by atoms with van der Waals surface area (Å²) in [5, 5.41) is 12.7. The maximum absolute atomic E-state index is 8.73. The van der Waals surface area contributed by atoms with Gasteiger partial charge in [-0.05, 0) is 6.92 Å². The van der Waals surface area contributed by atoms with Crippen molar-refractivity contribution < 1.29 is 0 Å². The number of hydrogen-bond acceptors (Lipinski definition) is 6. The highest BCUT2D eigenvalue weighted by atomic mass is 35.5. The molecule has 2 rings (SSSR count). The van der Waals surface area contributed by atoms with E-state index < -0.39 is 0 Å². The fraction of sp³-hybridized carbons (Fsp3) is 0.222. The van der Waals surface area contributed by atoms with E-state index in [-0.39, 0.29) is 24.1 Å². The van der Waals surface area contributed by atoms with Crippen LogP contribution in [0.2, 0.25) is 0 Å². The molecule has 0 aliphatic rings. The monoisotopic (exact) mass is 251 g/mol. The molecular weight excluding hydrogens is 242 g/mol. The fourth-order valence-electron chi connectivity index (χ4n) is 1.26. The third kappa shape index (κ3) is 2.55. The molecule has 2 aromatic heterocycles. The van der Waals surface area contributed by atoms with Crippen molar-refractivity contribution in [2.45, 2.75) is 13.0 Å². The van der Waals surface area contributed by atoms with E-state index in [1.165, 1.54) is 23.4 Å². The Labute approximate surface area is 104 Å². The zero-order valence-electron chi connectivity index (χ0n) is 8.98. The Morgan fingerprint density at radius 2 is 2.12 bits per heavy atom. The first kappa shape index (κ1) is 13.0. The van der Waals surface area contributed by atoms with Crippen molar-refractivity contribution in [1.29, 1.82) is 5.26 Å². The summed E-state index contributed by atoms with van der Waals surface area (Å²) in [5.74, 6) is 1.07. The van der Waals surface area contributed by atoms with Crippen molar-refractivity contribution in [1.82, 2.24) is 24.7 Å². The van der Waals surface area contributed by atoms with E-state index in [2.05, 4.69) is 20.1 Å². The SMILES string of the molecule is CC(N)c1ncnn1-c1cc(C#N)ncn1.Cl. The van der Waals surface area contributed by atoms with Crippen molar-refractivity contribution in [2.24, 2.45) is 5.73 Å². The van der Waals surface area contributed by atoms with Crippen molar-refractivity contribution in [2.75, 3.05) is 0 Å². The summed E-state index contributed by atoms with van der Waals surface area (Å²) in [4.78, 5) is 11.8. The molecule has 0 radical (unpaired) electrons. The normalized spacial score (nSPS) is 11.4. The Bertz CT molecular complexity index is 542. The van der Waals surface area contributed by atoms with Crippen LogP contribution >= 0.6 is 12.4 Å². The molecule has 17 heavy (non-hydrogen) atoms. The van der Waals surface area contributed by atoms with E-state index >= 15 is 0 Å². The minimum Gasteiger partial charge on any atom is -0.322 e. The lowest BCUT2D eigenvalue weighted by Crippen LogP contribution is -2.14. The first-order chi connectivity index (χ1) is 7.72. The van der Waals surface area contributed by atoms with Crippen LogP contribution in [0, 0.1) is 11.3 Å². The first-order valence-corrected chi connectivity index (χ1v) is 4.60. The quantitative estimate of drug-likeness (QED) is 0.826. The second-order valence-corrected chi connectivity index (χ2v) is 3.19. The van der Waals surface area contributed by atoms with Gasteiger partial charge in [-0.2, -0.15) is 15.0 Å². The Hall–Kier alpha value is -2.04. The summed E-state index contributed by atoms with van der Waals surface area (Å²) in [5.41, 5.74) is 6.01. The van der Waals surface area contributed by atoms with E-state index in [4.69, 9.17) is 11.0 Å². The lowest BCUT2D eigenvalue weighted by Gasteiger charge is -2.06. The molecule has 0 saturated carbocycles. The minimum absolute atomic E-state index is 0. The Kier molecular flexibility index (Phi) is 4.09. The molecule has 0 bridgehead atoms. The Morgan fingerprint density at radius 3 is 2.76 bits per heavy atom. The fourth-order valence-corrected chi connectivity index (χ4v) is 1.26. The molecule has 1 atom stereocenters. The molecule has 8 heteroatoms. The summed E-state index contributed by atoms with van der Waals surface area (Å²) in [6, 6.07) is 3.20. The topological polar surface area (TPSA) is 106 Å². The molecule has 0 aliphatic carbocycles. The highest BCUT2D eigenvalue weighted by Gasteiger charge is 2.11. The Morgan fingerprint density at radius 1 is 1.35 bits per heavy atom. The molecule has 88 valence electrons. The molecule has 2 aromatic rings. The zero-order chi connectivity index (χ0) is 11.5. The van der Waals surface area contributed by atoms with Crippen LogP contribution in [0.15, 0.2) is 18.7 Å². The predicted molar refractivity (Wildman–Crippen MR) is 61.5 cm³/mol. The number of nitrogens with two attached hydrogens (primary N) is 1. The zero-order valence-corrected chi connectivity index (χ0v) is 9.79. The second kappa shape index (κ2) is 5.34. The Balaban J connectivity index is 0.00000144. The van der Waals surface area contributed by atoms with Gasteiger partial charge in [-0.25, -0.2) is 15.0 Å². The van der Waals surface area contributed by atoms with Gasteiger partial charge in [-0.1, -0.05) is 0 Å². The van der Waals surface area contributed by atoms with Crippen LogP contribution in [0.4, 0.5) is 0 Å². The highest BCUT2D eigenvalue weighted by molar-refractivity contribution is 5.85. The van der Waals surface area contributed by atoms with Gasteiger partial charge in [0.15, 0.2) is 11.6 Å². The molecule has 0 fully saturated rings. The number of halogens is 1. The van der Waals surface area contributed by atoms with E-state index in [1.807, 2.05) is 6.07 Å². The van der Waals surface area contributed by atoms with E-state index in [0.717, 1.165) is 0 Å². The average molecular weight is 252 g/mol. The average Bonchev–Trinajstić information content (AvgIpc) is 2.78. The predicted octanol–water partition coefficient (Wildman–Crippen LogP) is 0.370. The number of aromatic nitrogens is 5. The lowest BCUT2D eigenvalue weighted by atomic mass is 10.3. The maximum Gasteiger partial charge on any atom is 0.160 e. The molecule has 2 N–H and O–H groups in total. The van der Waals surface area contributed by atoms with Gasteiger partial charge >= 0.3 is 0 Å². The summed E-state index contributed by atoms with van der Waals surface area (Å²) >= 11 is 0. The van der Waals surface area contributed by atoms with Gasteiger partial charge in [-0.15, -0.1) is 12.4 Å². The number of hydrogen-bond donors (Lipinski definition) is 1. The van der Waals surface area contributed by atoms with Crippen molar-refractivity contribution in [3.8, 4) is 11.9 Å². The third-order valence-electron chi connectivity index (χ3n) is 1.97. The standard InChI is InChI=1S/C9H9N7.ClH/c1-6(11)9-14-5-15-16(9)8-2-7(3-10)12-4-13-8;/h2,4-6H,11H2,1H3;1H. The van der Waals surface area contributed by atoms with Gasteiger partial charge in [0.05, 0.1) is 6.04 Å². The molecular formula is C9H10ClN7. The van der Waals surface area contributed by atoms with Gasteiger partial charge in [-0.3, -0.25) is 0 Å². The number of nitrogens with zero attached hydrogens (tertiary/aromatic N) is 6. The molecule has 2 heterocycles. The van der Waals surface area contributed by atoms with Crippen LogP contribution in [-0.2, 0) is 0 Å². The molecule has 0 aromatic carbocycles. The second-order valence-electron chi connectivity index (χ2n) is 3.19. The lowest BCUT2D eigenvalue weighted by molar-refractivity contribution is 0.679. The molecule has 0 aliphatic heterocycles. The van der Waals surface area contributed by atoms with Crippen LogP contribution in [0.5, 0.6) is 0 Å². The van der Waals surface area contributed by atoms with Crippen LogP contribution in [0.1, 0.15) is 24.5 Å². The van der Waals surface area contributed by atoms with Crippen molar-refractivity contribution >= 4 is 12.4 Å². The summed E-state index contributed by atoms with van der Waals surface area (Å²) < 4.78 is 1.49. The third-order valence-corrected chi connectivity index (χ3v) is 1.97. The van der Waals surface area contributed by atoms with Gasteiger partial charge in [0.2, 0.25) is 0 Å². The smallest absolute Gasteiger partial charge is 0.160 e. The molecule has 0 spiro atoms. The maximum atomic E-state index is 8.73.